The number of morpholine rings is 1. The van der Waals surface area contributed by atoms with Crippen molar-refractivity contribution in [1.29, 1.82) is 0 Å². The molecule has 2 saturated heterocycles. The Morgan fingerprint density at radius 1 is 1.25 bits per heavy atom. The summed E-state index contributed by atoms with van der Waals surface area (Å²) < 4.78 is 11.6. The molecule has 2 atom stereocenters. The van der Waals surface area contributed by atoms with Gasteiger partial charge in [0.15, 0.2) is 0 Å². The first-order valence-electron chi connectivity index (χ1n) is 10.6. The number of likely N-dealkylation sites (tertiary alicyclic amines) is 1. The Morgan fingerprint density at radius 3 is 2.68 bits per heavy atom. The molecule has 28 heavy (non-hydrogen) atoms. The Hall–Kier alpha value is -1.79. The molecule has 3 fully saturated rings. The molecule has 2 heterocycles. The third-order valence-electron chi connectivity index (χ3n) is 6.36. The number of hydrogen-bond donors (Lipinski definition) is 1. The van der Waals surface area contributed by atoms with Crippen LogP contribution in [0.4, 0.5) is 16.2 Å². The number of carbonyl (C=O) groups is 1. The molecule has 1 saturated carbocycles. The summed E-state index contributed by atoms with van der Waals surface area (Å²) in [4.78, 5) is 17.2. The highest BCUT2D eigenvalue weighted by Crippen LogP contribution is 2.49. The molecular weight excluding hydrogens is 354 g/mol. The van der Waals surface area contributed by atoms with E-state index in [4.69, 9.17) is 9.47 Å². The molecule has 1 aromatic rings. The van der Waals surface area contributed by atoms with Gasteiger partial charge in [-0.3, -0.25) is 0 Å². The SMILES string of the molecule is CCOC1CC2(CCN(C(=O)Nc3ccccc3N3CC(C)OC(C)C3)C2)C1. The van der Waals surface area contributed by atoms with Crippen LogP contribution < -0.4 is 10.2 Å². The van der Waals surface area contributed by atoms with E-state index in [0.717, 1.165) is 63.4 Å². The largest absolute Gasteiger partial charge is 0.378 e. The molecule has 0 aromatic heterocycles. The summed E-state index contributed by atoms with van der Waals surface area (Å²) in [7, 11) is 0. The number of anilines is 2. The second-order valence-electron chi connectivity index (χ2n) is 8.77. The lowest BCUT2D eigenvalue weighted by Crippen LogP contribution is -2.46. The fourth-order valence-corrected chi connectivity index (χ4v) is 5.13. The van der Waals surface area contributed by atoms with Crippen molar-refractivity contribution in [3.63, 3.8) is 0 Å². The van der Waals surface area contributed by atoms with Gasteiger partial charge < -0.3 is 24.6 Å². The lowest BCUT2D eigenvalue weighted by atomic mass is 9.66. The monoisotopic (exact) mass is 387 g/mol. The molecule has 6 heteroatoms. The van der Waals surface area contributed by atoms with E-state index in [0.29, 0.717) is 6.10 Å². The van der Waals surface area contributed by atoms with Crippen LogP contribution in [0.5, 0.6) is 0 Å². The average Bonchev–Trinajstić information content (AvgIpc) is 3.07. The lowest BCUT2D eigenvalue weighted by Gasteiger charge is -2.44. The Morgan fingerprint density at radius 2 is 1.96 bits per heavy atom. The third-order valence-corrected chi connectivity index (χ3v) is 6.36. The maximum atomic E-state index is 13.0. The molecule has 1 aromatic carbocycles. The van der Waals surface area contributed by atoms with Crippen molar-refractivity contribution in [2.75, 3.05) is 43.0 Å². The number of amides is 2. The number of para-hydroxylation sites is 2. The van der Waals surface area contributed by atoms with Crippen LogP contribution in [0.3, 0.4) is 0 Å². The van der Waals surface area contributed by atoms with Crippen LogP contribution in [-0.4, -0.2) is 62.0 Å². The normalized spacial score (nSPS) is 32.5. The molecule has 2 aliphatic heterocycles. The predicted molar refractivity (Wildman–Crippen MR) is 111 cm³/mol. The van der Waals surface area contributed by atoms with Gasteiger partial charge in [0.2, 0.25) is 0 Å². The minimum atomic E-state index is 0.0125. The number of rotatable bonds is 4. The van der Waals surface area contributed by atoms with Gasteiger partial charge in [0.25, 0.3) is 0 Å². The quantitative estimate of drug-likeness (QED) is 0.855. The Kier molecular flexibility index (Phi) is 5.52. The van der Waals surface area contributed by atoms with E-state index in [1.807, 2.05) is 30.0 Å². The van der Waals surface area contributed by atoms with Crippen LogP contribution in [0.2, 0.25) is 0 Å². The second-order valence-corrected chi connectivity index (χ2v) is 8.77. The summed E-state index contributed by atoms with van der Waals surface area (Å²) in [5.41, 5.74) is 2.24. The number of benzene rings is 1. The molecule has 3 aliphatic rings. The lowest BCUT2D eigenvalue weighted by molar-refractivity contribution is -0.0703. The predicted octanol–water partition coefficient (Wildman–Crippen LogP) is 3.72. The summed E-state index contributed by atoms with van der Waals surface area (Å²) in [6, 6.07) is 8.11. The smallest absolute Gasteiger partial charge is 0.321 e. The zero-order valence-electron chi connectivity index (χ0n) is 17.3. The summed E-state index contributed by atoms with van der Waals surface area (Å²) in [6.07, 6.45) is 4.02. The van der Waals surface area contributed by atoms with Crippen molar-refractivity contribution in [1.82, 2.24) is 4.90 Å². The van der Waals surface area contributed by atoms with Gasteiger partial charge in [-0.2, -0.15) is 0 Å². The summed E-state index contributed by atoms with van der Waals surface area (Å²) in [6.45, 7) is 10.4. The highest BCUT2D eigenvalue weighted by molar-refractivity contribution is 5.93. The van der Waals surface area contributed by atoms with E-state index in [1.54, 1.807) is 0 Å². The number of nitrogens with one attached hydrogen (secondary N) is 1. The van der Waals surface area contributed by atoms with E-state index < -0.39 is 0 Å². The summed E-state index contributed by atoms with van der Waals surface area (Å²) in [5.74, 6) is 0. The first kappa shape index (κ1) is 19.5. The minimum Gasteiger partial charge on any atom is -0.378 e. The molecule has 0 bridgehead atoms. The third kappa shape index (κ3) is 3.98. The van der Waals surface area contributed by atoms with Crippen LogP contribution in [-0.2, 0) is 9.47 Å². The van der Waals surface area contributed by atoms with Crippen molar-refractivity contribution >= 4 is 17.4 Å². The second kappa shape index (κ2) is 7.91. The van der Waals surface area contributed by atoms with Crippen LogP contribution in [0.15, 0.2) is 24.3 Å². The van der Waals surface area contributed by atoms with Gasteiger partial charge in [-0.25, -0.2) is 4.79 Å². The van der Waals surface area contributed by atoms with E-state index in [1.165, 1.54) is 0 Å². The number of ether oxygens (including phenoxy) is 2. The summed E-state index contributed by atoms with van der Waals surface area (Å²) >= 11 is 0. The topological polar surface area (TPSA) is 54.0 Å². The van der Waals surface area contributed by atoms with E-state index in [2.05, 4.69) is 30.1 Å². The van der Waals surface area contributed by atoms with Gasteiger partial charge in [-0.05, 0) is 57.6 Å². The molecule has 0 radical (unpaired) electrons. The molecule has 6 nitrogen and oxygen atoms in total. The number of urea groups is 1. The maximum absolute atomic E-state index is 13.0. The number of carbonyl (C=O) groups excluding carboxylic acids is 1. The molecule has 1 spiro atoms. The molecular formula is C22H33N3O3. The van der Waals surface area contributed by atoms with Crippen LogP contribution >= 0.6 is 0 Å². The van der Waals surface area contributed by atoms with Crippen molar-refractivity contribution in [2.24, 2.45) is 5.41 Å². The van der Waals surface area contributed by atoms with E-state index in [-0.39, 0.29) is 23.7 Å². The molecule has 1 N–H and O–H groups in total. The van der Waals surface area contributed by atoms with Gasteiger partial charge in [0.1, 0.15) is 0 Å². The van der Waals surface area contributed by atoms with Crippen LogP contribution in [0.1, 0.15) is 40.0 Å². The zero-order chi connectivity index (χ0) is 19.7. The average molecular weight is 388 g/mol. The Balaban J connectivity index is 1.39. The van der Waals surface area contributed by atoms with Gasteiger partial charge in [0, 0.05) is 32.8 Å². The highest BCUT2D eigenvalue weighted by atomic mass is 16.5. The first-order valence-corrected chi connectivity index (χ1v) is 10.6. The summed E-state index contributed by atoms with van der Waals surface area (Å²) in [5, 5.41) is 3.18. The van der Waals surface area contributed by atoms with Gasteiger partial charge in [-0.15, -0.1) is 0 Å². The van der Waals surface area contributed by atoms with Crippen molar-refractivity contribution < 1.29 is 14.3 Å². The minimum absolute atomic E-state index is 0.0125. The molecule has 4 rings (SSSR count). The van der Waals surface area contributed by atoms with E-state index in [9.17, 15) is 4.79 Å². The van der Waals surface area contributed by atoms with Crippen molar-refractivity contribution in [3.8, 4) is 0 Å². The first-order chi connectivity index (χ1) is 13.5. The zero-order valence-corrected chi connectivity index (χ0v) is 17.3. The van der Waals surface area contributed by atoms with Gasteiger partial charge in [-0.1, -0.05) is 12.1 Å². The van der Waals surface area contributed by atoms with Gasteiger partial charge >= 0.3 is 6.03 Å². The molecule has 1 aliphatic carbocycles. The van der Waals surface area contributed by atoms with Crippen molar-refractivity contribution in [3.05, 3.63) is 24.3 Å². The molecule has 2 amide bonds. The van der Waals surface area contributed by atoms with Crippen LogP contribution in [0.25, 0.3) is 0 Å². The number of nitrogens with zero attached hydrogens (tertiary/aromatic N) is 2. The number of hydrogen-bond acceptors (Lipinski definition) is 4. The standard InChI is InChI=1S/C22H33N3O3/c1-4-27-18-11-22(12-18)9-10-24(15-22)21(26)23-19-7-5-6-8-20(19)25-13-16(2)28-17(3)14-25/h5-8,16-18H,4,9-15H2,1-3H3,(H,23,26). The van der Waals surface area contributed by atoms with Crippen LogP contribution in [0, 0.1) is 5.41 Å². The highest BCUT2D eigenvalue weighted by Gasteiger charge is 2.49. The molecule has 154 valence electrons. The maximum Gasteiger partial charge on any atom is 0.321 e. The Bertz CT molecular complexity index is 694. The Labute approximate surface area is 168 Å². The van der Waals surface area contributed by atoms with Crippen molar-refractivity contribution in [2.45, 2.75) is 58.3 Å². The fraction of sp³-hybridized carbons (Fsp3) is 0.682. The van der Waals surface area contributed by atoms with E-state index >= 15 is 0 Å². The fourth-order valence-electron chi connectivity index (χ4n) is 5.13. The molecule has 2 unspecified atom stereocenters. The van der Waals surface area contributed by atoms with Gasteiger partial charge in [0.05, 0.1) is 29.7 Å².